The number of guanidine groups is 2. The Morgan fingerprint density at radius 1 is 0.900 bits per heavy atom. The summed E-state index contributed by atoms with van der Waals surface area (Å²) in [6.45, 7) is 3.79. The van der Waals surface area contributed by atoms with Gasteiger partial charge in [-0.25, -0.2) is 9.78 Å². The minimum absolute atomic E-state index is 0.0470. The maximum absolute atomic E-state index is 13.2. The number of nitrogens with one attached hydrogen (secondary N) is 4. The van der Waals surface area contributed by atoms with Crippen LogP contribution in [0.15, 0.2) is 22.5 Å². The molecule has 0 fully saturated rings. The molecule has 17 heteroatoms. The van der Waals surface area contributed by atoms with Crippen LogP contribution in [-0.2, 0) is 25.6 Å². The smallest absolute Gasteiger partial charge is 0.326 e. The molecule has 0 radical (unpaired) electrons. The third-order valence-electron chi connectivity index (χ3n) is 5.72. The lowest BCUT2D eigenvalue weighted by molar-refractivity contribution is -0.142. The molecule has 0 saturated heterocycles. The first kappa shape index (κ1) is 33.6. The van der Waals surface area contributed by atoms with Gasteiger partial charge in [-0.2, -0.15) is 0 Å². The normalized spacial score (nSPS) is 13.8. The van der Waals surface area contributed by atoms with Crippen LogP contribution in [0.4, 0.5) is 0 Å². The SMILES string of the molecule is CC(C)C(NC(=O)C(N)Cc1cnc[nH]1)C(=O)NC(CCCN=C(N)N)C(=O)NC(CCCN=C(N)N)C(=O)O. The molecule has 0 aliphatic carbocycles. The van der Waals surface area contributed by atoms with Gasteiger partial charge >= 0.3 is 5.97 Å². The number of rotatable bonds is 18. The van der Waals surface area contributed by atoms with E-state index < -0.39 is 47.9 Å². The van der Waals surface area contributed by atoms with Gasteiger partial charge in [-0.15, -0.1) is 0 Å². The minimum atomic E-state index is -1.26. The van der Waals surface area contributed by atoms with Crippen molar-refractivity contribution in [1.82, 2.24) is 25.9 Å². The number of aromatic nitrogens is 2. The van der Waals surface area contributed by atoms with Crippen LogP contribution in [0.25, 0.3) is 0 Å². The second kappa shape index (κ2) is 17.2. The molecule has 40 heavy (non-hydrogen) atoms. The molecule has 4 unspecified atom stereocenters. The van der Waals surface area contributed by atoms with Gasteiger partial charge in [0.25, 0.3) is 0 Å². The van der Waals surface area contributed by atoms with Crippen molar-refractivity contribution in [3.63, 3.8) is 0 Å². The number of nitrogens with two attached hydrogens (primary N) is 5. The van der Waals surface area contributed by atoms with Gasteiger partial charge in [-0.1, -0.05) is 13.8 Å². The van der Waals surface area contributed by atoms with Gasteiger partial charge in [0.2, 0.25) is 17.7 Å². The van der Waals surface area contributed by atoms with Crippen LogP contribution < -0.4 is 44.6 Å². The summed E-state index contributed by atoms with van der Waals surface area (Å²) in [5.74, 6) is -3.82. The highest BCUT2D eigenvalue weighted by Gasteiger charge is 2.31. The van der Waals surface area contributed by atoms with Crippen LogP contribution in [0, 0.1) is 5.92 Å². The predicted molar refractivity (Wildman–Crippen MR) is 148 cm³/mol. The summed E-state index contributed by atoms with van der Waals surface area (Å²) in [6, 6.07) is -4.37. The molecule has 1 aromatic rings. The fraction of sp³-hybridized carbons (Fsp3) is 0.609. The molecule has 1 aromatic heterocycles. The highest BCUT2D eigenvalue weighted by atomic mass is 16.4. The van der Waals surface area contributed by atoms with E-state index in [4.69, 9.17) is 28.7 Å². The zero-order valence-corrected chi connectivity index (χ0v) is 22.8. The topological polar surface area (TPSA) is 308 Å². The zero-order valence-electron chi connectivity index (χ0n) is 22.8. The molecule has 0 saturated carbocycles. The Labute approximate surface area is 232 Å². The van der Waals surface area contributed by atoms with E-state index in [2.05, 4.69) is 35.9 Å². The number of aliphatic imine (C=N–C) groups is 2. The average molecular weight is 567 g/mol. The van der Waals surface area contributed by atoms with Gasteiger partial charge < -0.3 is 54.7 Å². The maximum atomic E-state index is 13.2. The monoisotopic (exact) mass is 566 g/mol. The van der Waals surface area contributed by atoms with Crippen molar-refractivity contribution >= 4 is 35.6 Å². The van der Waals surface area contributed by atoms with E-state index in [-0.39, 0.29) is 56.6 Å². The Kier molecular flexibility index (Phi) is 14.5. The summed E-state index contributed by atoms with van der Waals surface area (Å²) in [6.07, 6.45) is 3.90. The Bertz CT molecular complexity index is 1020. The van der Waals surface area contributed by atoms with E-state index in [1.54, 1.807) is 13.8 Å². The van der Waals surface area contributed by atoms with Gasteiger partial charge in [0.1, 0.15) is 18.1 Å². The van der Waals surface area contributed by atoms with E-state index in [1.165, 1.54) is 12.5 Å². The number of amides is 3. The molecule has 15 N–H and O–H groups in total. The standard InChI is InChI=1S/C23H42N12O5/c1-12(2)17(35-18(36)14(24)9-13-10-29-11-32-13)20(38)33-15(5-3-7-30-22(25)26)19(37)34-16(21(39)40)6-4-8-31-23(27)28/h10-12,14-17H,3-9,24H2,1-2H3,(H,29,32)(H,33,38)(H,34,37)(H,35,36)(H,39,40)(H4,25,26,30)(H4,27,28,31). The first-order valence-electron chi connectivity index (χ1n) is 12.8. The Morgan fingerprint density at radius 3 is 1.93 bits per heavy atom. The highest BCUT2D eigenvalue weighted by Crippen LogP contribution is 2.08. The first-order chi connectivity index (χ1) is 18.8. The van der Waals surface area contributed by atoms with Crippen molar-refractivity contribution in [3.05, 3.63) is 18.2 Å². The third-order valence-corrected chi connectivity index (χ3v) is 5.72. The quantitative estimate of drug-likeness (QED) is 0.0473. The summed E-state index contributed by atoms with van der Waals surface area (Å²) in [5, 5.41) is 17.3. The second-order valence-electron chi connectivity index (χ2n) is 9.48. The van der Waals surface area contributed by atoms with Gasteiger partial charge in [-0.05, 0) is 31.6 Å². The van der Waals surface area contributed by atoms with Crippen molar-refractivity contribution in [3.8, 4) is 0 Å². The fourth-order valence-corrected chi connectivity index (χ4v) is 3.59. The number of carbonyl (C=O) groups is 4. The number of hydrogen-bond acceptors (Lipinski definition) is 8. The molecular weight excluding hydrogens is 524 g/mol. The largest absolute Gasteiger partial charge is 0.480 e. The van der Waals surface area contributed by atoms with Crippen molar-refractivity contribution in [2.75, 3.05) is 13.1 Å². The molecule has 3 amide bonds. The van der Waals surface area contributed by atoms with E-state index in [0.717, 1.165) is 0 Å². The van der Waals surface area contributed by atoms with Crippen LogP contribution in [-0.4, -0.2) is 87.9 Å². The molecule has 1 heterocycles. The molecule has 224 valence electrons. The number of nitrogens with zero attached hydrogens (tertiary/aromatic N) is 3. The number of imidazole rings is 1. The maximum Gasteiger partial charge on any atom is 0.326 e. The fourth-order valence-electron chi connectivity index (χ4n) is 3.59. The summed E-state index contributed by atoms with van der Waals surface area (Å²) in [5.41, 5.74) is 27.9. The summed E-state index contributed by atoms with van der Waals surface area (Å²) in [4.78, 5) is 65.2. The van der Waals surface area contributed by atoms with Gasteiger partial charge in [0, 0.05) is 31.4 Å². The molecule has 4 atom stereocenters. The summed E-state index contributed by atoms with van der Waals surface area (Å²) < 4.78 is 0. The van der Waals surface area contributed by atoms with E-state index in [1.807, 2.05) is 0 Å². The van der Waals surface area contributed by atoms with Crippen molar-refractivity contribution in [2.45, 2.75) is 70.1 Å². The number of carbonyl (C=O) groups excluding carboxylic acids is 3. The van der Waals surface area contributed by atoms with Crippen LogP contribution in [0.5, 0.6) is 0 Å². The lowest BCUT2D eigenvalue weighted by atomic mass is 10.0. The number of H-pyrrole nitrogens is 1. The lowest BCUT2D eigenvalue weighted by Gasteiger charge is -2.27. The number of hydrogen-bond donors (Lipinski definition) is 10. The number of carboxylic acids is 1. The Hall–Kier alpha value is -4.41. The molecule has 0 aliphatic rings. The van der Waals surface area contributed by atoms with Crippen molar-refractivity contribution < 1.29 is 24.3 Å². The van der Waals surface area contributed by atoms with Gasteiger partial charge in [0.05, 0.1) is 12.4 Å². The molecule has 0 spiro atoms. The minimum Gasteiger partial charge on any atom is -0.480 e. The molecule has 17 nitrogen and oxygen atoms in total. The Balaban J connectivity index is 2.96. The third kappa shape index (κ3) is 12.9. The number of aliphatic carboxylic acids is 1. The van der Waals surface area contributed by atoms with Crippen molar-refractivity contribution in [1.29, 1.82) is 0 Å². The van der Waals surface area contributed by atoms with Crippen LogP contribution in [0.1, 0.15) is 45.2 Å². The molecule has 1 rings (SSSR count). The number of carboxylic acid groups (broad SMARTS) is 1. The van der Waals surface area contributed by atoms with Crippen molar-refractivity contribution in [2.24, 2.45) is 44.6 Å². The summed E-state index contributed by atoms with van der Waals surface area (Å²) >= 11 is 0. The molecule has 0 aromatic carbocycles. The van der Waals surface area contributed by atoms with Crippen LogP contribution in [0.2, 0.25) is 0 Å². The van der Waals surface area contributed by atoms with E-state index >= 15 is 0 Å². The van der Waals surface area contributed by atoms with E-state index in [0.29, 0.717) is 12.1 Å². The van der Waals surface area contributed by atoms with Gasteiger partial charge in [0.15, 0.2) is 11.9 Å². The second-order valence-corrected chi connectivity index (χ2v) is 9.48. The molecule has 0 bridgehead atoms. The predicted octanol–water partition coefficient (Wildman–Crippen LogP) is -3.42. The average Bonchev–Trinajstić information content (AvgIpc) is 3.38. The molecule has 0 aliphatic heterocycles. The van der Waals surface area contributed by atoms with E-state index in [9.17, 15) is 24.3 Å². The summed E-state index contributed by atoms with van der Waals surface area (Å²) in [7, 11) is 0. The Morgan fingerprint density at radius 2 is 1.45 bits per heavy atom. The lowest BCUT2D eigenvalue weighted by Crippen LogP contribution is -2.58. The number of aromatic amines is 1. The molecular formula is C23H42N12O5. The van der Waals surface area contributed by atoms with Crippen LogP contribution >= 0.6 is 0 Å². The van der Waals surface area contributed by atoms with Gasteiger partial charge in [-0.3, -0.25) is 24.4 Å². The first-order valence-corrected chi connectivity index (χ1v) is 12.8. The zero-order chi connectivity index (χ0) is 30.2. The highest BCUT2D eigenvalue weighted by molar-refractivity contribution is 5.94. The van der Waals surface area contributed by atoms with Crippen LogP contribution in [0.3, 0.4) is 0 Å².